The van der Waals surface area contributed by atoms with Crippen molar-refractivity contribution in [3.63, 3.8) is 0 Å². The molecule has 1 aliphatic carbocycles. The van der Waals surface area contributed by atoms with Crippen molar-refractivity contribution in [2.24, 2.45) is 0 Å². The Bertz CT molecular complexity index is 391. The maximum Gasteiger partial charge on any atom is 0.225 e. The van der Waals surface area contributed by atoms with Crippen molar-refractivity contribution in [1.29, 1.82) is 0 Å². The number of aromatic nitrogens is 2. The topological polar surface area (TPSA) is 64.3 Å². The van der Waals surface area contributed by atoms with Crippen LogP contribution in [0.2, 0.25) is 0 Å². The molecule has 1 aromatic rings. The molecule has 1 fully saturated rings. The van der Waals surface area contributed by atoms with Crippen molar-refractivity contribution < 1.29 is 4.74 Å². The van der Waals surface area contributed by atoms with Gasteiger partial charge in [-0.15, -0.1) is 0 Å². The van der Waals surface area contributed by atoms with Gasteiger partial charge in [0.15, 0.2) is 0 Å². The van der Waals surface area contributed by atoms with E-state index in [2.05, 4.69) is 21.8 Å². The molecule has 0 bridgehead atoms. The van der Waals surface area contributed by atoms with Crippen LogP contribution in [0.3, 0.4) is 0 Å². The monoisotopic (exact) mass is 250 g/mol. The van der Waals surface area contributed by atoms with Gasteiger partial charge in [0.05, 0.1) is 7.11 Å². The standard InChI is InChI=1S/C13H22N4O/c1-3-17(10-7-5-4-6-8-10)11-9-12(18-2)16-13(14)15-11/h9-10H,3-8H2,1-2H3,(H2,14,15,16). The Morgan fingerprint density at radius 1 is 1.33 bits per heavy atom. The maximum absolute atomic E-state index is 5.73. The molecule has 5 heteroatoms. The van der Waals surface area contributed by atoms with Crippen LogP contribution in [0, 0.1) is 0 Å². The van der Waals surface area contributed by atoms with Gasteiger partial charge in [-0.1, -0.05) is 19.3 Å². The number of rotatable bonds is 4. The summed E-state index contributed by atoms with van der Waals surface area (Å²) in [6.45, 7) is 3.09. The molecule has 1 aliphatic rings. The van der Waals surface area contributed by atoms with E-state index in [1.807, 2.05) is 6.07 Å². The molecule has 1 saturated carbocycles. The van der Waals surface area contributed by atoms with Crippen LogP contribution in [0.1, 0.15) is 39.0 Å². The number of hydrogen-bond donors (Lipinski definition) is 1. The lowest BCUT2D eigenvalue weighted by Gasteiger charge is -2.34. The lowest BCUT2D eigenvalue weighted by atomic mass is 9.94. The molecule has 0 unspecified atom stereocenters. The zero-order valence-corrected chi connectivity index (χ0v) is 11.2. The van der Waals surface area contributed by atoms with E-state index in [0.29, 0.717) is 11.9 Å². The predicted octanol–water partition coefficient (Wildman–Crippen LogP) is 2.23. The second-order valence-electron chi connectivity index (χ2n) is 4.70. The minimum absolute atomic E-state index is 0.276. The lowest BCUT2D eigenvalue weighted by molar-refractivity contribution is 0.394. The molecule has 0 radical (unpaired) electrons. The van der Waals surface area contributed by atoms with Crippen LogP contribution >= 0.6 is 0 Å². The second-order valence-corrected chi connectivity index (χ2v) is 4.70. The Morgan fingerprint density at radius 3 is 2.67 bits per heavy atom. The Morgan fingerprint density at radius 2 is 2.06 bits per heavy atom. The molecule has 0 aliphatic heterocycles. The van der Waals surface area contributed by atoms with Gasteiger partial charge in [0.2, 0.25) is 11.8 Å². The first-order valence-electron chi connectivity index (χ1n) is 6.69. The van der Waals surface area contributed by atoms with E-state index in [1.54, 1.807) is 7.11 Å². The van der Waals surface area contributed by atoms with E-state index in [9.17, 15) is 0 Å². The van der Waals surface area contributed by atoms with Gasteiger partial charge in [0.1, 0.15) is 5.82 Å². The second kappa shape index (κ2) is 5.89. The molecule has 1 aromatic heterocycles. The summed E-state index contributed by atoms with van der Waals surface area (Å²) in [4.78, 5) is 10.7. The first-order valence-corrected chi connectivity index (χ1v) is 6.69. The molecule has 2 N–H and O–H groups in total. The highest BCUT2D eigenvalue weighted by molar-refractivity contribution is 5.46. The Hall–Kier alpha value is -1.52. The average Bonchev–Trinajstić information content (AvgIpc) is 2.40. The fourth-order valence-electron chi connectivity index (χ4n) is 2.68. The Kier molecular flexibility index (Phi) is 4.23. The molecule has 18 heavy (non-hydrogen) atoms. The van der Waals surface area contributed by atoms with Gasteiger partial charge in [-0.3, -0.25) is 0 Å². The smallest absolute Gasteiger partial charge is 0.225 e. The SMILES string of the molecule is CCN(c1cc(OC)nc(N)n1)C1CCCCC1. The highest BCUT2D eigenvalue weighted by Gasteiger charge is 2.22. The molecule has 0 amide bonds. The molecule has 2 rings (SSSR count). The van der Waals surface area contributed by atoms with Crippen LogP contribution in [0.4, 0.5) is 11.8 Å². The number of anilines is 2. The highest BCUT2D eigenvalue weighted by Crippen LogP contribution is 2.27. The average molecular weight is 250 g/mol. The summed E-state index contributed by atoms with van der Waals surface area (Å²) >= 11 is 0. The summed E-state index contributed by atoms with van der Waals surface area (Å²) in [5.74, 6) is 1.69. The Balaban J connectivity index is 2.22. The first kappa shape index (κ1) is 12.9. The van der Waals surface area contributed by atoms with Crippen molar-refractivity contribution in [3.8, 4) is 5.88 Å². The van der Waals surface area contributed by atoms with Gasteiger partial charge in [-0.05, 0) is 19.8 Å². The van der Waals surface area contributed by atoms with Gasteiger partial charge < -0.3 is 15.4 Å². The minimum Gasteiger partial charge on any atom is -0.481 e. The van der Waals surface area contributed by atoms with Crippen molar-refractivity contribution in [3.05, 3.63) is 6.07 Å². The summed E-state index contributed by atoms with van der Waals surface area (Å²) < 4.78 is 5.16. The number of hydrogen-bond acceptors (Lipinski definition) is 5. The van der Waals surface area contributed by atoms with Gasteiger partial charge in [-0.25, -0.2) is 0 Å². The van der Waals surface area contributed by atoms with Gasteiger partial charge in [-0.2, -0.15) is 9.97 Å². The fourth-order valence-corrected chi connectivity index (χ4v) is 2.68. The summed E-state index contributed by atoms with van der Waals surface area (Å²) in [6.07, 6.45) is 6.43. The van der Waals surface area contributed by atoms with E-state index < -0.39 is 0 Å². The van der Waals surface area contributed by atoms with Gasteiger partial charge >= 0.3 is 0 Å². The molecule has 0 saturated heterocycles. The third kappa shape index (κ3) is 2.83. The van der Waals surface area contributed by atoms with E-state index >= 15 is 0 Å². The molecular formula is C13H22N4O. The van der Waals surface area contributed by atoms with Crippen LogP contribution in [-0.4, -0.2) is 29.7 Å². The van der Waals surface area contributed by atoms with Crippen LogP contribution in [0.5, 0.6) is 5.88 Å². The fraction of sp³-hybridized carbons (Fsp3) is 0.692. The number of methoxy groups -OCH3 is 1. The predicted molar refractivity (Wildman–Crippen MR) is 72.9 cm³/mol. The van der Waals surface area contributed by atoms with Crippen LogP contribution < -0.4 is 15.4 Å². The van der Waals surface area contributed by atoms with Crippen molar-refractivity contribution in [2.45, 2.75) is 45.1 Å². The van der Waals surface area contributed by atoms with E-state index in [0.717, 1.165) is 12.4 Å². The van der Waals surface area contributed by atoms with E-state index in [1.165, 1.54) is 32.1 Å². The number of ether oxygens (including phenoxy) is 1. The largest absolute Gasteiger partial charge is 0.481 e. The Labute approximate surface area is 108 Å². The van der Waals surface area contributed by atoms with E-state index in [-0.39, 0.29) is 5.95 Å². The molecular weight excluding hydrogens is 228 g/mol. The van der Waals surface area contributed by atoms with E-state index in [4.69, 9.17) is 10.5 Å². The zero-order chi connectivity index (χ0) is 13.0. The third-order valence-corrected chi connectivity index (χ3v) is 3.57. The first-order chi connectivity index (χ1) is 8.74. The molecule has 5 nitrogen and oxygen atoms in total. The molecule has 0 atom stereocenters. The van der Waals surface area contributed by atoms with Gasteiger partial charge in [0, 0.05) is 18.7 Å². The molecule has 0 aromatic carbocycles. The number of nitrogens with zero attached hydrogens (tertiary/aromatic N) is 3. The molecule has 0 spiro atoms. The third-order valence-electron chi connectivity index (χ3n) is 3.57. The van der Waals surface area contributed by atoms with Crippen molar-refractivity contribution >= 4 is 11.8 Å². The zero-order valence-electron chi connectivity index (χ0n) is 11.2. The lowest BCUT2D eigenvalue weighted by Crippen LogP contribution is -2.37. The summed E-state index contributed by atoms with van der Waals surface area (Å²) in [6, 6.07) is 2.44. The number of nitrogen functional groups attached to an aromatic ring is 1. The molecule has 1 heterocycles. The molecule has 100 valence electrons. The highest BCUT2D eigenvalue weighted by atomic mass is 16.5. The van der Waals surface area contributed by atoms with Gasteiger partial charge in [0.25, 0.3) is 0 Å². The van der Waals surface area contributed by atoms with Crippen molar-refractivity contribution in [1.82, 2.24) is 9.97 Å². The maximum atomic E-state index is 5.73. The number of nitrogens with two attached hydrogens (primary N) is 1. The van der Waals surface area contributed by atoms with Crippen LogP contribution in [-0.2, 0) is 0 Å². The summed E-state index contributed by atoms with van der Waals surface area (Å²) in [7, 11) is 1.60. The van der Waals surface area contributed by atoms with Crippen LogP contribution in [0.15, 0.2) is 6.07 Å². The summed E-state index contributed by atoms with van der Waals surface area (Å²) in [5.41, 5.74) is 5.73. The minimum atomic E-state index is 0.276. The van der Waals surface area contributed by atoms with Crippen molar-refractivity contribution in [2.75, 3.05) is 24.3 Å². The normalized spacial score (nSPS) is 16.6. The summed E-state index contributed by atoms with van der Waals surface area (Å²) in [5, 5.41) is 0. The van der Waals surface area contributed by atoms with Crippen LogP contribution in [0.25, 0.3) is 0 Å². The quantitative estimate of drug-likeness (QED) is 0.887.